The summed E-state index contributed by atoms with van der Waals surface area (Å²) in [5.74, 6) is 3.28. The van der Waals surface area contributed by atoms with Crippen LogP contribution < -0.4 is 14.8 Å². The van der Waals surface area contributed by atoms with Gasteiger partial charge in [-0.25, -0.2) is 15.0 Å². The number of ether oxygens (including phenoxy) is 2. The maximum atomic E-state index is 6.39. The highest BCUT2D eigenvalue weighted by Gasteiger charge is 2.20. The number of hydrogen-bond acceptors (Lipinski definition) is 8. The van der Waals surface area contributed by atoms with Crippen molar-refractivity contribution in [3.63, 3.8) is 0 Å². The molecule has 0 saturated heterocycles. The van der Waals surface area contributed by atoms with Crippen LogP contribution in [0.3, 0.4) is 0 Å². The van der Waals surface area contributed by atoms with Crippen LogP contribution in [0.4, 0.5) is 11.6 Å². The monoisotopic (exact) mass is 458 g/mol. The molecule has 4 rings (SSSR count). The van der Waals surface area contributed by atoms with Crippen LogP contribution in [0.2, 0.25) is 0 Å². The van der Waals surface area contributed by atoms with Gasteiger partial charge in [0.1, 0.15) is 23.1 Å². The molecule has 176 valence electrons. The molecule has 8 nitrogen and oxygen atoms in total. The number of nitrogens with one attached hydrogen (secondary N) is 1. The number of aryl methyl sites for hydroxylation is 1. The third kappa shape index (κ3) is 4.90. The molecule has 3 aromatic heterocycles. The Labute approximate surface area is 200 Å². The summed E-state index contributed by atoms with van der Waals surface area (Å²) in [6.07, 6.45) is 10.3. The first-order valence-electron chi connectivity index (χ1n) is 11.5. The van der Waals surface area contributed by atoms with E-state index < -0.39 is 0 Å². The molecule has 0 fully saturated rings. The Balaban J connectivity index is 1.80. The van der Waals surface area contributed by atoms with Crippen LogP contribution >= 0.6 is 0 Å². The minimum absolute atomic E-state index is 0.0548. The molecule has 0 amide bonds. The first-order chi connectivity index (χ1) is 16.5. The van der Waals surface area contributed by atoms with E-state index in [1.54, 1.807) is 31.7 Å². The summed E-state index contributed by atoms with van der Waals surface area (Å²) >= 11 is 0. The van der Waals surface area contributed by atoms with Crippen molar-refractivity contribution in [3.8, 4) is 22.9 Å². The second-order valence-corrected chi connectivity index (χ2v) is 8.18. The van der Waals surface area contributed by atoms with E-state index in [0.29, 0.717) is 36.2 Å². The predicted octanol–water partition coefficient (Wildman–Crippen LogP) is 5.03. The van der Waals surface area contributed by atoms with Crippen LogP contribution in [0.5, 0.6) is 11.5 Å². The zero-order valence-corrected chi connectivity index (χ0v) is 20.1. The minimum Gasteiger partial charge on any atom is -0.492 e. The maximum absolute atomic E-state index is 6.39. The lowest BCUT2D eigenvalue weighted by atomic mass is 9.98. The molecule has 0 aromatic carbocycles. The second-order valence-electron chi connectivity index (χ2n) is 8.18. The molecule has 1 N–H and O–H groups in total. The summed E-state index contributed by atoms with van der Waals surface area (Å²) in [6, 6.07) is 3.68. The van der Waals surface area contributed by atoms with Crippen molar-refractivity contribution in [2.45, 2.75) is 39.7 Å². The number of allylic oxidation sites excluding steroid dienone is 1. The molecule has 4 heterocycles. The predicted molar refractivity (Wildman–Crippen MR) is 134 cm³/mol. The highest BCUT2D eigenvalue weighted by atomic mass is 16.5. The molecule has 2 atom stereocenters. The molecule has 0 unspecified atom stereocenters. The van der Waals surface area contributed by atoms with Gasteiger partial charge in [0, 0.05) is 55.8 Å². The summed E-state index contributed by atoms with van der Waals surface area (Å²) in [4.78, 5) is 22.7. The number of nitrogens with zero attached hydrogens (tertiary/aromatic N) is 5. The molecule has 0 spiro atoms. The van der Waals surface area contributed by atoms with Crippen LogP contribution in [0.15, 0.2) is 54.6 Å². The van der Waals surface area contributed by atoms with Crippen molar-refractivity contribution in [1.82, 2.24) is 19.9 Å². The summed E-state index contributed by atoms with van der Waals surface area (Å²) in [7, 11) is 1.77. The summed E-state index contributed by atoms with van der Waals surface area (Å²) in [5.41, 5.74) is 3.48. The third-order valence-electron chi connectivity index (χ3n) is 5.77. The first kappa shape index (κ1) is 23.4. The number of anilines is 2. The van der Waals surface area contributed by atoms with E-state index in [2.05, 4.69) is 45.7 Å². The minimum atomic E-state index is -0.0986. The van der Waals surface area contributed by atoms with Crippen molar-refractivity contribution >= 4 is 17.3 Å². The fraction of sp³-hybridized carbons (Fsp3) is 0.346. The molecule has 0 saturated carbocycles. The lowest BCUT2D eigenvalue weighted by Crippen LogP contribution is -2.20. The van der Waals surface area contributed by atoms with Crippen LogP contribution in [0.25, 0.3) is 11.4 Å². The Bertz CT molecular complexity index is 1210. The highest BCUT2D eigenvalue weighted by Crippen LogP contribution is 2.33. The highest BCUT2D eigenvalue weighted by molar-refractivity contribution is 6.05. The molecule has 34 heavy (non-hydrogen) atoms. The van der Waals surface area contributed by atoms with E-state index in [1.807, 2.05) is 25.3 Å². The molecular weight excluding hydrogens is 428 g/mol. The molecule has 8 heteroatoms. The van der Waals surface area contributed by atoms with Gasteiger partial charge in [-0.05, 0) is 19.4 Å². The van der Waals surface area contributed by atoms with Crippen molar-refractivity contribution < 1.29 is 9.47 Å². The quantitative estimate of drug-likeness (QED) is 0.433. The molecule has 1 aliphatic rings. The summed E-state index contributed by atoms with van der Waals surface area (Å²) < 4.78 is 12.6. The van der Waals surface area contributed by atoms with E-state index in [-0.39, 0.29) is 12.0 Å². The first-order valence-corrected chi connectivity index (χ1v) is 11.5. The van der Waals surface area contributed by atoms with Crippen LogP contribution in [-0.2, 0) is 6.42 Å². The zero-order chi connectivity index (χ0) is 24.1. The van der Waals surface area contributed by atoms with E-state index in [9.17, 15) is 0 Å². The number of aromatic nitrogens is 4. The third-order valence-corrected chi connectivity index (χ3v) is 5.77. The Kier molecular flexibility index (Phi) is 7.15. The lowest BCUT2D eigenvalue weighted by Gasteiger charge is -2.22. The SMILES string of the molecule is C=C[C@H](C)C(=NC)c1cnc2cc1O[C@@H](C)CCOc1c(CC)cncc1-c1nccc(n1)N2. The van der Waals surface area contributed by atoms with Crippen LogP contribution in [0, 0.1) is 5.92 Å². The largest absolute Gasteiger partial charge is 0.492 e. The Morgan fingerprint density at radius 1 is 1.29 bits per heavy atom. The number of aliphatic imine (C=N–C) groups is 1. The number of rotatable bonds is 4. The number of fused-ring (bicyclic) bond motifs is 6. The van der Waals surface area contributed by atoms with Gasteiger partial charge in [-0.2, -0.15) is 0 Å². The standard InChI is InChI=1S/C26H30N6O2/c1-6-16(3)24(27-5)19-15-30-23-12-21(19)34-17(4)9-11-33-25-18(7-2)13-28-14-20(25)26-29-10-8-22(31-23)32-26/h6,8,10,12-17H,1,7,9,11H2,2-5H3,(H,29,30,31,32)/t16-,17-/m0/s1. The van der Waals surface area contributed by atoms with Gasteiger partial charge in [-0.3, -0.25) is 9.98 Å². The maximum Gasteiger partial charge on any atom is 0.166 e. The molecule has 1 aliphatic heterocycles. The van der Waals surface area contributed by atoms with Gasteiger partial charge in [0.2, 0.25) is 0 Å². The number of hydrogen-bond donors (Lipinski definition) is 1. The lowest BCUT2D eigenvalue weighted by molar-refractivity contribution is 0.176. The second kappa shape index (κ2) is 10.4. The summed E-state index contributed by atoms with van der Waals surface area (Å²) in [5, 5.41) is 3.28. The van der Waals surface area contributed by atoms with Gasteiger partial charge in [0.15, 0.2) is 5.82 Å². The van der Waals surface area contributed by atoms with Crippen LogP contribution in [-0.4, -0.2) is 45.4 Å². The molecule has 0 radical (unpaired) electrons. The van der Waals surface area contributed by atoms with Gasteiger partial charge in [0.05, 0.1) is 29.5 Å². The van der Waals surface area contributed by atoms with E-state index in [4.69, 9.17) is 14.5 Å². The number of pyridine rings is 2. The van der Waals surface area contributed by atoms with Crippen molar-refractivity contribution in [1.29, 1.82) is 0 Å². The molecule has 4 bridgehead atoms. The van der Waals surface area contributed by atoms with Gasteiger partial charge in [0.25, 0.3) is 0 Å². The zero-order valence-electron chi connectivity index (χ0n) is 20.1. The Morgan fingerprint density at radius 2 is 2.15 bits per heavy atom. The van der Waals surface area contributed by atoms with Crippen LogP contribution in [0.1, 0.15) is 38.3 Å². The van der Waals surface area contributed by atoms with Gasteiger partial charge in [-0.15, -0.1) is 6.58 Å². The van der Waals surface area contributed by atoms with Crippen molar-refractivity contribution in [3.05, 3.63) is 60.7 Å². The van der Waals surface area contributed by atoms with Gasteiger partial charge >= 0.3 is 0 Å². The average Bonchev–Trinajstić information content (AvgIpc) is 2.85. The van der Waals surface area contributed by atoms with Gasteiger partial charge in [-0.1, -0.05) is 19.9 Å². The van der Waals surface area contributed by atoms with E-state index >= 15 is 0 Å². The smallest absolute Gasteiger partial charge is 0.166 e. The molecule has 3 aromatic rings. The van der Waals surface area contributed by atoms with Crippen molar-refractivity contribution in [2.24, 2.45) is 10.9 Å². The van der Waals surface area contributed by atoms with E-state index in [0.717, 1.165) is 34.6 Å². The topological polar surface area (TPSA) is 94.4 Å². The fourth-order valence-corrected chi connectivity index (χ4v) is 3.84. The Morgan fingerprint density at radius 3 is 2.91 bits per heavy atom. The average molecular weight is 459 g/mol. The molecule has 0 aliphatic carbocycles. The molecular formula is C26H30N6O2. The fourth-order valence-electron chi connectivity index (χ4n) is 3.84. The van der Waals surface area contributed by atoms with Gasteiger partial charge < -0.3 is 14.8 Å². The van der Waals surface area contributed by atoms with E-state index in [1.165, 1.54) is 0 Å². The normalized spacial score (nSPS) is 16.7. The Hall–Kier alpha value is -3.81. The summed E-state index contributed by atoms with van der Waals surface area (Å²) in [6.45, 7) is 10.6. The van der Waals surface area contributed by atoms with Crippen molar-refractivity contribution in [2.75, 3.05) is 19.0 Å².